The molecule has 0 heterocycles. The van der Waals surface area contributed by atoms with Gasteiger partial charge >= 0.3 is 5.97 Å². The van der Waals surface area contributed by atoms with Crippen LogP contribution in [0.25, 0.3) is 0 Å². The minimum Gasteiger partial charge on any atom is -0.461 e. The maximum atomic E-state index is 13.0. The fourth-order valence-corrected chi connectivity index (χ4v) is 4.77. The van der Waals surface area contributed by atoms with Gasteiger partial charge in [0, 0.05) is 23.6 Å². The Balaban J connectivity index is 2.20. The van der Waals surface area contributed by atoms with Gasteiger partial charge in [-0.3, -0.25) is 9.79 Å². The number of ether oxygens (including phenoxy) is 1. The molecule has 4 nitrogen and oxygen atoms in total. The highest BCUT2D eigenvalue weighted by molar-refractivity contribution is 9.10. The van der Waals surface area contributed by atoms with Crippen molar-refractivity contribution in [3.8, 4) is 0 Å². The smallest absolute Gasteiger partial charge is 0.326 e. The normalized spacial score (nSPS) is 23.0. The van der Waals surface area contributed by atoms with E-state index in [0.29, 0.717) is 17.8 Å². The lowest BCUT2D eigenvalue weighted by Gasteiger charge is -2.37. The van der Waals surface area contributed by atoms with Crippen molar-refractivity contribution in [1.82, 2.24) is 0 Å². The van der Waals surface area contributed by atoms with Crippen LogP contribution in [-0.4, -0.2) is 31.5 Å². The van der Waals surface area contributed by atoms with Gasteiger partial charge in [0.1, 0.15) is 18.5 Å². The quantitative estimate of drug-likeness (QED) is 0.302. The number of aryl methyl sites for hydroxylation is 1. The summed E-state index contributed by atoms with van der Waals surface area (Å²) in [6, 6.07) is 6.10. The van der Waals surface area contributed by atoms with Crippen LogP contribution in [0.4, 0.5) is 5.69 Å². The maximum Gasteiger partial charge on any atom is 0.326 e. The second-order valence-electron chi connectivity index (χ2n) is 8.36. The number of hydrogen-bond acceptors (Lipinski definition) is 3. The molecular formula is C23H35BrN2O2. The van der Waals surface area contributed by atoms with Crippen LogP contribution in [0.3, 0.4) is 0 Å². The molecule has 0 saturated heterocycles. The molecule has 3 atom stereocenters. The van der Waals surface area contributed by atoms with Gasteiger partial charge in [-0.2, -0.15) is 0 Å². The Kier molecular flexibility index (Phi) is 8.54. The summed E-state index contributed by atoms with van der Waals surface area (Å²) in [5.41, 5.74) is 2.10. The van der Waals surface area contributed by atoms with Crippen molar-refractivity contribution >= 4 is 33.4 Å². The number of hydrogen-bond donors (Lipinski definition) is 0. The van der Waals surface area contributed by atoms with Crippen molar-refractivity contribution in [3.63, 3.8) is 0 Å². The Hall–Kier alpha value is -1.36. The van der Waals surface area contributed by atoms with Gasteiger partial charge in [-0.15, -0.1) is 0 Å². The summed E-state index contributed by atoms with van der Waals surface area (Å²) in [5.74, 6) is 2.31. The lowest BCUT2D eigenvalue weighted by atomic mass is 9.75. The highest BCUT2D eigenvalue weighted by atomic mass is 79.9. The standard InChI is InChI=1S/C23H35BrN2O2/c1-7-22(25-6)26(20-11-9-18(24)13-17(20)5)14-23(27)28-21-12-16(4)8-10-19(21)15(2)3/h9,11,13,15-16,19,21H,7-8,10,12,14H2,1-6H3/b25-22+/t16-,19+,21-/m1/s1. The number of aliphatic imine (C=N–C) groups is 1. The fraction of sp³-hybridized carbons (Fsp3) is 0.652. The average Bonchev–Trinajstić information content (AvgIpc) is 2.61. The van der Waals surface area contributed by atoms with Gasteiger partial charge in [0.05, 0.1) is 0 Å². The molecule has 1 aromatic carbocycles. The minimum absolute atomic E-state index is 0.0211. The average molecular weight is 451 g/mol. The maximum absolute atomic E-state index is 13.0. The largest absolute Gasteiger partial charge is 0.461 e. The van der Waals surface area contributed by atoms with Gasteiger partial charge in [-0.05, 0) is 61.3 Å². The van der Waals surface area contributed by atoms with Gasteiger partial charge in [-0.1, -0.05) is 50.0 Å². The molecule has 5 heteroatoms. The number of amidine groups is 1. The van der Waals surface area contributed by atoms with Crippen molar-refractivity contribution in [2.45, 2.75) is 66.4 Å². The minimum atomic E-state index is -0.165. The van der Waals surface area contributed by atoms with Crippen molar-refractivity contribution in [3.05, 3.63) is 28.2 Å². The molecule has 2 rings (SSSR count). The summed E-state index contributed by atoms with van der Waals surface area (Å²) in [6.45, 7) is 11.0. The summed E-state index contributed by atoms with van der Waals surface area (Å²) in [4.78, 5) is 19.4. The second-order valence-corrected chi connectivity index (χ2v) is 9.28. The zero-order valence-corrected chi connectivity index (χ0v) is 19.8. The first kappa shape index (κ1) is 22.9. The summed E-state index contributed by atoms with van der Waals surface area (Å²) in [6.07, 6.45) is 4.11. The van der Waals surface area contributed by atoms with Crippen molar-refractivity contribution in [2.24, 2.45) is 22.7 Å². The first-order chi connectivity index (χ1) is 13.3. The molecule has 1 aromatic rings. The van der Waals surface area contributed by atoms with Crippen LogP contribution < -0.4 is 4.90 Å². The number of esters is 1. The number of benzene rings is 1. The van der Waals surface area contributed by atoms with Gasteiger partial charge < -0.3 is 9.64 Å². The number of carbonyl (C=O) groups is 1. The van der Waals surface area contributed by atoms with Crippen LogP contribution >= 0.6 is 15.9 Å². The van der Waals surface area contributed by atoms with E-state index in [0.717, 1.165) is 40.8 Å². The molecule has 1 fully saturated rings. The van der Waals surface area contributed by atoms with E-state index in [-0.39, 0.29) is 18.6 Å². The molecule has 28 heavy (non-hydrogen) atoms. The summed E-state index contributed by atoms with van der Waals surface area (Å²) < 4.78 is 7.07. The summed E-state index contributed by atoms with van der Waals surface area (Å²) >= 11 is 3.52. The van der Waals surface area contributed by atoms with Crippen molar-refractivity contribution in [1.29, 1.82) is 0 Å². The van der Waals surface area contributed by atoms with Gasteiger partial charge in [-0.25, -0.2) is 0 Å². The Bertz CT molecular complexity index is 702. The molecule has 0 N–H and O–H groups in total. The van der Waals surface area contributed by atoms with Gasteiger partial charge in [0.25, 0.3) is 0 Å². The van der Waals surface area contributed by atoms with E-state index in [1.165, 1.54) is 6.42 Å². The van der Waals surface area contributed by atoms with E-state index in [2.05, 4.69) is 61.6 Å². The molecule has 1 aliphatic carbocycles. The number of carbonyl (C=O) groups excluding carboxylic acids is 1. The van der Waals surface area contributed by atoms with E-state index < -0.39 is 0 Å². The van der Waals surface area contributed by atoms with Gasteiger partial charge in [0.15, 0.2) is 0 Å². The van der Waals surface area contributed by atoms with E-state index in [4.69, 9.17) is 4.74 Å². The molecule has 1 saturated carbocycles. The molecule has 0 unspecified atom stereocenters. The van der Waals surface area contributed by atoms with E-state index in [9.17, 15) is 4.79 Å². The van der Waals surface area contributed by atoms with E-state index in [1.54, 1.807) is 7.05 Å². The Morgan fingerprint density at radius 2 is 2.07 bits per heavy atom. The van der Waals surface area contributed by atoms with Crippen LogP contribution in [0.5, 0.6) is 0 Å². The second kappa shape index (κ2) is 10.4. The third-order valence-corrected chi connectivity index (χ3v) is 6.36. The predicted molar refractivity (Wildman–Crippen MR) is 121 cm³/mol. The SMILES string of the molecule is CC/C(=N\C)N(CC(=O)O[C@@H]1C[C@H](C)CC[C@H]1C(C)C)c1ccc(Br)cc1C. The first-order valence-corrected chi connectivity index (χ1v) is 11.2. The third-order valence-electron chi connectivity index (χ3n) is 5.87. The molecule has 0 radical (unpaired) electrons. The first-order valence-electron chi connectivity index (χ1n) is 10.5. The molecule has 0 bridgehead atoms. The summed E-state index contributed by atoms with van der Waals surface area (Å²) in [5, 5.41) is 0. The molecule has 0 aliphatic heterocycles. The highest BCUT2D eigenvalue weighted by Crippen LogP contribution is 2.35. The topological polar surface area (TPSA) is 41.9 Å². The molecule has 0 spiro atoms. The highest BCUT2D eigenvalue weighted by Gasteiger charge is 2.34. The monoisotopic (exact) mass is 450 g/mol. The van der Waals surface area contributed by atoms with Crippen molar-refractivity contribution < 1.29 is 9.53 Å². The molecule has 0 aromatic heterocycles. The number of nitrogens with zero attached hydrogens (tertiary/aromatic N) is 2. The number of halogens is 1. The fourth-order valence-electron chi connectivity index (χ4n) is 4.29. The third kappa shape index (κ3) is 5.82. The summed E-state index contributed by atoms with van der Waals surface area (Å²) in [7, 11) is 1.78. The molecule has 1 aliphatic rings. The van der Waals surface area contributed by atoms with E-state index >= 15 is 0 Å². The van der Waals surface area contributed by atoms with E-state index in [1.807, 2.05) is 17.0 Å². The van der Waals surface area contributed by atoms with Crippen LogP contribution in [0.15, 0.2) is 27.7 Å². The zero-order valence-electron chi connectivity index (χ0n) is 18.2. The number of anilines is 1. The Morgan fingerprint density at radius 1 is 1.36 bits per heavy atom. The molecule has 156 valence electrons. The Morgan fingerprint density at radius 3 is 2.64 bits per heavy atom. The van der Waals surface area contributed by atoms with Crippen LogP contribution in [0.2, 0.25) is 0 Å². The van der Waals surface area contributed by atoms with Crippen molar-refractivity contribution in [2.75, 3.05) is 18.5 Å². The van der Waals surface area contributed by atoms with Crippen LogP contribution in [0.1, 0.15) is 58.9 Å². The number of rotatable bonds is 6. The lowest BCUT2D eigenvalue weighted by molar-refractivity contribution is -0.154. The van der Waals surface area contributed by atoms with Gasteiger partial charge in [0.2, 0.25) is 0 Å². The lowest BCUT2D eigenvalue weighted by Crippen LogP contribution is -2.41. The Labute approximate surface area is 178 Å². The van der Waals surface area contributed by atoms with Crippen LogP contribution in [-0.2, 0) is 9.53 Å². The van der Waals surface area contributed by atoms with Crippen LogP contribution in [0, 0.1) is 24.7 Å². The zero-order chi connectivity index (χ0) is 20.8. The molecular weight excluding hydrogens is 416 g/mol. The predicted octanol–water partition coefficient (Wildman–Crippen LogP) is 6.01. The molecule has 0 amide bonds.